The van der Waals surface area contributed by atoms with Crippen molar-refractivity contribution in [2.45, 2.75) is 45.4 Å². The topological polar surface area (TPSA) is 29.1 Å². The van der Waals surface area contributed by atoms with Crippen LogP contribution in [0.25, 0.3) is 0 Å². The molecule has 0 saturated heterocycles. The summed E-state index contributed by atoms with van der Waals surface area (Å²) in [5, 5.41) is 3.03. The van der Waals surface area contributed by atoms with E-state index in [0.717, 1.165) is 17.8 Å². The van der Waals surface area contributed by atoms with E-state index in [1.807, 2.05) is 7.05 Å². The molecule has 4 bridgehead atoms. The number of rotatable bonds is 4. The van der Waals surface area contributed by atoms with E-state index in [0.29, 0.717) is 17.7 Å². The third kappa shape index (κ3) is 1.85. The maximum absolute atomic E-state index is 12.2. The second kappa shape index (κ2) is 4.08. The normalized spacial score (nSPS) is 44.9. The van der Waals surface area contributed by atoms with Crippen LogP contribution >= 0.6 is 0 Å². The molecule has 1 atom stereocenters. The molecule has 4 aliphatic rings. The molecule has 0 aromatic rings. The largest absolute Gasteiger partial charge is 0.313 e. The van der Waals surface area contributed by atoms with Crippen molar-refractivity contribution in [3.8, 4) is 0 Å². The zero-order valence-electron chi connectivity index (χ0n) is 11.2. The Bertz CT molecular complexity index is 288. The Morgan fingerprint density at radius 1 is 1.18 bits per heavy atom. The lowest BCUT2D eigenvalue weighted by Crippen LogP contribution is -2.51. The Balaban J connectivity index is 1.79. The molecule has 0 aliphatic heterocycles. The summed E-state index contributed by atoms with van der Waals surface area (Å²) in [6, 6.07) is 0. The van der Waals surface area contributed by atoms with Gasteiger partial charge in [-0.2, -0.15) is 0 Å². The average Bonchev–Trinajstić information content (AvgIpc) is 2.26. The standard InChI is InChI=1S/C15H25NO/c1-10(14(17)9-16-2)15-6-11-3-12(7-15)5-13(4-11)8-15/h10-13,16H,3-9H2,1-2H3. The summed E-state index contributed by atoms with van der Waals surface area (Å²) in [4.78, 5) is 12.2. The van der Waals surface area contributed by atoms with Gasteiger partial charge in [0.1, 0.15) is 5.78 Å². The van der Waals surface area contributed by atoms with Gasteiger partial charge in [-0.05, 0) is 68.7 Å². The van der Waals surface area contributed by atoms with Gasteiger partial charge in [0, 0.05) is 5.92 Å². The van der Waals surface area contributed by atoms with E-state index in [2.05, 4.69) is 12.2 Å². The highest BCUT2D eigenvalue weighted by atomic mass is 16.1. The molecular weight excluding hydrogens is 210 g/mol. The zero-order chi connectivity index (χ0) is 12.0. The molecule has 1 unspecified atom stereocenters. The smallest absolute Gasteiger partial charge is 0.149 e. The van der Waals surface area contributed by atoms with Crippen molar-refractivity contribution in [3.05, 3.63) is 0 Å². The molecule has 4 rings (SSSR count). The third-order valence-electron chi connectivity index (χ3n) is 5.84. The molecule has 17 heavy (non-hydrogen) atoms. The zero-order valence-corrected chi connectivity index (χ0v) is 11.2. The van der Waals surface area contributed by atoms with Crippen LogP contribution in [0.3, 0.4) is 0 Å². The van der Waals surface area contributed by atoms with E-state index in [1.54, 1.807) is 0 Å². The molecule has 0 aromatic carbocycles. The van der Waals surface area contributed by atoms with Crippen LogP contribution in [0.4, 0.5) is 0 Å². The Labute approximate surface area is 105 Å². The summed E-state index contributed by atoms with van der Waals surface area (Å²) in [6.07, 6.45) is 8.42. The summed E-state index contributed by atoms with van der Waals surface area (Å²) in [6.45, 7) is 2.76. The first-order chi connectivity index (χ1) is 8.13. The molecule has 1 N–H and O–H groups in total. The molecule has 0 heterocycles. The van der Waals surface area contributed by atoms with Gasteiger partial charge < -0.3 is 5.32 Å². The van der Waals surface area contributed by atoms with Gasteiger partial charge in [0.15, 0.2) is 0 Å². The number of Topliss-reactive ketones (excluding diaryl/α,β-unsaturated/α-hetero) is 1. The fraction of sp³-hybridized carbons (Fsp3) is 0.933. The van der Waals surface area contributed by atoms with Crippen molar-refractivity contribution in [2.24, 2.45) is 29.1 Å². The third-order valence-corrected chi connectivity index (χ3v) is 5.84. The number of ketones is 1. The molecule has 96 valence electrons. The quantitative estimate of drug-likeness (QED) is 0.811. The lowest BCUT2D eigenvalue weighted by atomic mass is 9.46. The fourth-order valence-electron chi connectivity index (χ4n) is 5.38. The van der Waals surface area contributed by atoms with Crippen molar-refractivity contribution >= 4 is 5.78 Å². The maximum atomic E-state index is 12.2. The summed E-state index contributed by atoms with van der Waals surface area (Å²) in [7, 11) is 1.88. The Kier molecular flexibility index (Phi) is 2.81. The van der Waals surface area contributed by atoms with Crippen LogP contribution in [0.5, 0.6) is 0 Å². The Hall–Kier alpha value is -0.370. The van der Waals surface area contributed by atoms with Crippen molar-refractivity contribution in [1.82, 2.24) is 5.32 Å². The van der Waals surface area contributed by atoms with E-state index < -0.39 is 0 Å². The van der Waals surface area contributed by atoms with Crippen LogP contribution < -0.4 is 5.32 Å². The molecule has 0 amide bonds. The first kappa shape index (κ1) is 11.7. The number of likely N-dealkylation sites (N-methyl/N-ethyl adjacent to an activating group) is 1. The molecule has 4 aliphatic carbocycles. The molecule has 2 heteroatoms. The van der Waals surface area contributed by atoms with Gasteiger partial charge in [0.2, 0.25) is 0 Å². The molecule has 0 spiro atoms. The van der Waals surface area contributed by atoms with Gasteiger partial charge in [0.05, 0.1) is 6.54 Å². The summed E-state index contributed by atoms with van der Waals surface area (Å²) >= 11 is 0. The van der Waals surface area contributed by atoms with Gasteiger partial charge in [-0.1, -0.05) is 6.92 Å². The molecule has 0 aromatic heterocycles. The van der Waals surface area contributed by atoms with Crippen molar-refractivity contribution in [2.75, 3.05) is 13.6 Å². The molecule has 4 saturated carbocycles. The van der Waals surface area contributed by atoms with Gasteiger partial charge in [-0.3, -0.25) is 4.79 Å². The van der Waals surface area contributed by atoms with Crippen LogP contribution in [-0.2, 0) is 4.79 Å². The van der Waals surface area contributed by atoms with Gasteiger partial charge in [-0.15, -0.1) is 0 Å². The van der Waals surface area contributed by atoms with Crippen molar-refractivity contribution in [1.29, 1.82) is 0 Å². The molecule has 0 radical (unpaired) electrons. The first-order valence-electron chi connectivity index (χ1n) is 7.30. The average molecular weight is 235 g/mol. The minimum absolute atomic E-state index is 0.281. The van der Waals surface area contributed by atoms with Gasteiger partial charge in [-0.25, -0.2) is 0 Å². The second-order valence-corrected chi connectivity index (χ2v) is 7.00. The Morgan fingerprint density at radius 2 is 1.65 bits per heavy atom. The van der Waals surface area contributed by atoms with E-state index in [-0.39, 0.29) is 5.92 Å². The monoisotopic (exact) mass is 235 g/mol. The van der Waals surface area contributed by atoms with Crippen LogP contribution in [0, 0.1) is 29.1 Å². The van der Waals surface area contributed by atoms with E-state index >= 15 is 0 Å². The fourth-order valence-corrected chi connectivity index (χ4v) is 5.38. The number of carbonyl (C=O) groups is 1. The summed E-state index contributed by atoms with van der Waals surface area (Å²) < 4.78 is 0. The summed E-state index contributed by atoms with van der Waals surface area (Å²) in [5.41, 5.74) is 0.392. The van der Waals surface area contributed by atoms with E-state index in [4.69, 9.17) is 0 Å². The number of nitrogens with one attached hydrogen (secondary N) is 1. The van der Waals surface area contributed by atoms with Gasteiger partial charge >= 0.3 is 0 Å². The summed E-state index contributed by atoms with van der Waals surface area (Å²) in [5.74, 6) is 3.57. The van der Waals surface area contributed by atoms with E-state index in [9.17, 15) is 4.79 Å². The molecule has 4 fully saturated rings. The highest BCUT2D eigenvalue weighted by molar-refractivity contribution is 5.83. The number of carbonyl (C=O) groups excluding carboxylic acids is 1. The first-order valence-corrected chi connectivity index (χ1v) is 7.30. The highest BCUT2D eigenvalue weighted by Crippen LogP contribution is 2.62. The number of hydrogen-bond donors (Lipinski definition) is 1. The predicted molar refractivity (Wildman–Crippen MR) is 68.7 cm³/mol. The maximum Gasteiger partial charge on any atom is 0.149 e. The second-order valence-electron chi connectivity index (χ2n) is 7.00. The lowest BCUT2D eigenvalue weighted by molar-refractivity contribution is -0.136. The molecular formula is C15H25NO. The minimum atomic E-state index is 0.281. The molecule has 2 nitrogen and oxygen atoms in total. The minimum Gasteiger partial charge on any atom is -0.313 e. The van der Waals surface area contributed by atoms with Crippen LogP contribution in [0.2, 0.25) is 0 Å². The lowest BCUT2D eigenvalue weighted by Gasteiger charge is -2.58. The van der Waals surface area contributed by atoms with Crippen LogP contribution in [0.15, 0.2) is 0 Å². The highest BCUT2D eigenvalue weighted by Gasteiger charge is 2.54. The van der Waals surface area contributed by atoms with Gasteiger partial charge in [0.25, 0.3) is 0 Å². The van der Waals surface area contributed by atoms with Crippen molar-refractivity contribution in [3.63, 3.8) is 0 Å². The predicted octanol–water partition coefficient (Wildman–Crippen LogP) is 2.63. The van der Waals surface area contributed by atoms with Crippen LogP contribution in [-0.4, -0.2) is 19.4 Å². The Morgan fingerprint density at radius 3 is 2.06 bits per heavy atom. The van der Waals surface area contributed by atoms with Crippen molar-refractivity contribution < 1.29 is 4.79 Å². The SMILES string of the molecule is CNCC(=O)C(C)C12CC3CC(CC(C3)C1)C2. The van der Waals surface area contributed by atoms with Crippen LogP contribution in [0.1, 0.15) is 45.4 Å². The van der Waals surface area contributed by atoms with E-state index in [1.165, 1.54) is 38.5 Å². The number of hydrogen-bond acceptors (Lipinski definition) is 2.